The Hall–Kier alpha value is -2.40. The van der Waals surface area contributed by atoms with Crippen molar-refractivity contribution in [3.8, 4) is 5.19 Å². The van der Waals surface area contributed by atoms with Gasteiger partial charge in [-0.1, -0.05) is 41.7 Å². The summed E-state index contributed by atoms with van der Waals surface area (Å²) < 4.78 is 7.26. The van der Waals surface area contributed by atoms with E-state index in [-0.39, 0.29) is 12.0 Å². The Morgan fingerprint density at radius 1 is 1.12 bits per heavy atom. The third-order valence-corrected chi connectivity index (χ3v) is 5.53. The van der Waals surface area contributed by atoms with E-state index in [9.17, 15) is 4.79 Å². The van der Waals surface area contributed by atoms with Crippen molar-refractivity contribution in [2.24, 2.45) is 0 Å². The third kappa shape index (κ3) is 3.37. The lowest BCUT2D eigenvalue weighted by Gasteiger charge is -2.31. The summed E-state index contributed by atoms with van der Waals surface area (Å²) in [6, 6.07) is 15.7. The van der Waals surface area contributed by atoms with Crippen LogP contribution in [0.5, 0.6) is 5.19 Å². The average molecular weight is 352 g/mol. The topological polar surface area (TPSA) is 42.4 Å². The average Bonchev–Trinajstić information content (AvgIpc) is 3.06. The molecule has 1 aliphatic rings. The summed E-state index contributed by atoms with van der Waals surface area (Å²) in [6.07, 6.45) is 1.81. The zero-order valence-corrected chi connectivity index (χ0v) is 15.0. The Kier molecular flexibility index (Phi) is 4.40. The number of benzene rings is 2. The molecule has 25 heavy (non-hydrogen) atoms. The number of amides is 1. The molecule has 0 N–H and O–H groups in total. The molecule has 0 unspecified atom stereocenters. The van der Waals surface area contributed by atoms with Crippen LogP contribution in [0, 0.1) is 6.92 Å². The van der Waals surface area contributed by atoms with Crippen LogP contribution in [-0.2, 0) is 0 Å². The Balaban J connectivity index is 1.38. The largest absolute Gasteiger partial charge is 0.467 e. The minimum absolute atomic E-state index is 0.106. The van der Waals surface area contributed by atoms with Gasteiger partial charge in [-0.15, -0.1) is 0 Å². The number of carbonyl (C=O) groups excluding carboxylic acids is 1. The Labute approximate surface area is 151 Å². The van der Waals surface area contributed by atoms with Crippen LogP contribution in [0.1, 0.15) is 28.8 Å². The van der Waals surface area contributed by atoms with Crippen LogP contribution >= 0.6 is 11.3 Å². The molecule has 0 bridgehead atoms. The maximum atomic E-state index is 12.5. The molecule has 1 aromatic heterocycles. The molecular weight excluding hydrogens is 332 g/mol. The van der Waals surface area contributed by atoms with Crippen LogP contribution in [0.2, 0.25) is 0 Å². The van der Waals surface area contributed by atoms with Crippen molar-refractivity contribution in [3.05, 3.63) is 59.7 Å². The Bertz CT molecular complexity index is 883. The molecule has 1 saturated heterocycles. The van der Waals surface area contributed by atoms with E-state index in [1.54, 1.807) is 11.3 Å². The first-order chi connectivity index (χ1) is 12.2. The Morgan fingerprint density at radius 2 is 1.88 bits per heavy atom. The second kappa shape index (κ2) is 6.84. The summed E-state index contributed by atoms with van der Waals surface area (Å²) in [5.74, 6) is 0.106. The van der Waals surface area contributed by atoms with E-state index >= 15 is 0 Å². The number of aryl methyl sites for hydroxylation is 1. The predicted molar refractivity (Wildman–Crippen MR) is 100 cm³/mol. The number of hydrogen-bond acceptors (Lipinski definition) is 4. The summed E-state index contributed by atoms with van der Waals surface area (Å²) >= 11 is 1.60. The molecule has 2 aromatic carbocycles. The van der Waals surface area contributed by atoms with Gasteiger partial charge < -0.3 is 9.64 Å². The molecule has 2 heterocycles. The highest BCUT2D eigenvalue weighted by Crippen LogP contribution is 2.31. The van der Waals surface area contributed by atoms with Crippen molar-refractivity contribution >= 4 is 27.5 Å². The first-order valence-corrected chi connectivity index (χ1v) is 9.39. The van der Waals surface area contributed by atoms with Gasteiger partial charge in [0.25, 0.3) is 11.1 Å². The molecule has 5 heteroatoms. The first kappa shape index (κ1) is 16.1. The van der Waals surface area contributed by atoms with E-state index in [0.29, 0.717) is 0 Å². The fourth-order valence-electron chi connectivity index (χ4n) is 3.20. The Morgan fingerprint density at radius 3 is 2.60 bits per heavy atom. The van der Waals surface area contributed by atoms with E-state index < -0.39 is 0 Å². The molecule has 0 radical (unpaired) electrons. The van der Waals surface area contributed by atoms with Crippen molar-refractivity contribution in [3.63, 3.8) is 0 Å². The van der Waals surface area contributed by atoms with Crippen LogP contribution in [0.4, 0.5) is 0 Å². The number of thiazole rings is 1. The van der Waals surface area contributed by atoms with Crippen molar-refractivity contribution in [1.82, 2.24) is 9.88 Å². The molecule has 0 saturated carbocycles. The monoisotopic (exact) mass is 352 g/mol. The maximum Gasteiger partial charge on any atom is 0.274 e. The lowest BCUT2D eigenvalue weighted by molar-refractivity contribution is 0.0595. The summed E-state index contributed by atoms with van der Waals surface area (Å²) in [5, 5.41) is 0.733. The number of rotatable bonds is 3. The van der Waals surface area contributed by atoms with E-state index in [1.165, 1.54) is 5.56 Å². The maximum absolute atomic E-state index is 12.5. The van der Waals surface area contributed by atoms with E-state index in [2.05, 4.69) is 24.0 Å². The molecule has 128 valence electrons. The quantitative estimate of drug-likeness (QED) is 0.706. The number of fused-ring (bicyclic) bond motifs is 1. The molecule has 1 fully saturated rings. The van der Waals surface area contributed by atoms with E-state index in [4.69, 9.17) is 4.74 Å². The fourth-order valence-corrected chi connectivity index (χ4v) is 4.16. The third-order valence-electron chi connectivity index (χ3n) is 4.62. The molecule has 0 atom stereocenters. The molecule has 3 aromatic rings. The van der Waals surface area contributed by atoms with Gasteiger partial charge in [0.2, 0.25) is 0 Å². The van der Waals surface area contributed by atoms with Gasteiger partial charge in [-0.2, -0.15) is 0 Å². The van der Waals surface area contributed by atoms with Crippen molar-refractivity contribution < 1.29 is 9.53 Å². The highest BCUT2D eigenvalue weighted by atomic mass is 32.1. The van der Waals surface area contributed by atoms with Crippen LogP contribution < -0.4 is 4.74 Å². The number of likely N-dealkylation sites (tertiary alicyclic amines) is 1. The van der Waals surface area contributed by atoms with E-state index in [1.807, 2.05) is 41.3 Å². The van der Waals surface area contributed by atoms with Gasteiger partial charge in [-0.05, 0) is 30.7 Å². The van der Waals surface area contributed by atoms with Gasteiger partial charge in [0.15, 0.2) is 0 Å². The van der Waals surface area contributed by atoms with Gasteiger partial charge in [-0.3, -0.25) is 4.79 Å². The molecule has 4 rings (SSSR count). The van der Waals surface area contributed by atoms with Gasteiger partial charge in [-0.25, -0.2) is 4.98 Å². The van der Waals surface area contributed by atoms with Gasteiger partial charge in [0.1, 0.15) is 6.10 Å². The number of nitrogens with zero attached hydrogens (tertiary/aromatic N) is 2. The molecule has 0 aliphatic carbocycles. The number of ether oxygens (including phenoxy) is 1. The SMILES string of the molecule is Cc1cccc2sc(OC3CCN(C(=O)c4ccccc4)CC3)nc12. The van der Waals surface area contributed by atoms with Crippen LogP contribution in [0.25, 0.3) is 10.2 Å². The van der Waals surface area contributed by atoms with Crippen molar-refractivity contribution in [2.45, 2.75) is 25.9 Å². The molecule has 0 spiro atoms. The zero-order valence-electron chi connectivity index (χ0n) is 14.1. The minimum atomic E-state index is 0.106. The molecular formula is C20H20N2O2S. The zero-order chi connectivity index (χ0) is 17.2. The highest BCUT2D eigenvalue weighted by Gasteiger charge is 2.25. The standard InChI is InChI=1S/C20H20N2O2S/c1-14-6-5-9-17-18(14)21-20(25-17)24-16-10-12-22(13-11-16)19(23)15-7-3-2-4-8-15/h2-9,16H,10-13H2,1H3. The lowest BCUT2D eigenvalue weighted by Crippen LogP contribution is -2.41. The fraction of sp³-hybridized carbons (Fsp3) is 0.300. The normalized spacial score (nSPS) is 15.5. The van der Waals surface area contributed by atoms with Crippen LogP contribution in [0.3, 0.4) is 0 Å². The summed E-state index contributed by atoms with van der Waals surface area (Å²) in [5.41, 5.74) is 2.95. The predicted octanol–water partition coefficient (Wildman–Crippen LogP) is 4.29. The van der Waals surface area contributed by atoms with Gasteiger partial charge in [0, 0.05) is 31.5 Å². The van der Waals surface area contributed by atoms with Crippen molar-refractivity contribution in [1.29, 1.82) is 0 Å². The number of hydrogen-bond donors (Lipinski definition) is 0. The van der Waals surface area contributed by atoms with Crippen LogP contribution in [-0.4, -0.2) is 35.0 Å². The van der Waals surface area contributed by atoms with Crippen molar-refractivity contribution in [2.75, 3.05) is 13.1 Å². The second-order valence-electron chi connectivity index (χ2n) is 6.38. The number of aromatic nitrogens is 1. The summed E-state index contributed by atoms with van der Waals surface area (Å²) in [4.78, 5) is 19.0. The van der Waals surface area contributed by atoms with Gasteiger partial charge in [0.05, 0.1) is 10.2 Å². The smallest absolute Gasteiger partial charge is 0.274 e. The lowest BCUT2D eigenvalue weighted by atomic mass is 10.1. The molecule has 1 amide bonds. The summed E-state index contributed by atoms with van der Waals surface area (Å²) in [7, 11) is 0. The van der Waals surface area contributed by atoms with E-state index in [0.717, 1.165) is 46.9 Å². The second-order valence-corrected chi connectivity index (χ2v) is 7.37. The number of carbonyl (C=O) groups is 1. The summed E-state index contributed by atoms with van der Waals surface area (Å²) in [6.45, 7) is 3.52. The molecule has 1 aliphatic heterocycles. The highest BCUT2D eigenvalue weighted by molar-refractivity contribution is 7.20. The number of para-hydroxylation sites is 1. The van der Waals surface area contributed by atoms with Gasteiger partial charge >= 0.3 is 0 Å². The molecule has 4 nitrogen and oxygen atoms in total. The number of piperidine rings is 1. The van der Waals surface area contributed by atoms with Crippen LogP contribution in [0.15, 0.2) is 48.5 Å². The minimum Gasteiger partial charge on any atom is -0.467 e. The first-order valence-electron chi connectivity index (χ1n) is 8.58.